The molecule has 0 aliphatic heterocycles. The van der Waals surface area contributed by atoms with Crippen LogP contribution in [0.15, 0.2) is 42.7 Å². The molecule has 19 heavy (non-hydrogen) atoms. The number of carbonyl (C=O) groups is 1. The molecule has 3 rings (SSSR count). The summed E-state index contributed by atoms with van der Waals surface area (Å²) in [5.41, 5.74) is 1.82. The van der Waals surface area contributed by atoms with Gasteiger partial charge in [0.05, 0.1) is 17.4 Å². The van der Waals surface area contributed by atoms with Crippen molar-refractivity contribution in [3.05, 3.63) is 48.4 Å². The molecule has 0 saturated carbocycles. The molecule has 0 fully saturated rings. The second kappa shape index (κ2) is 4.49. The molecule has 1 N–H and O–H groups in total. The van der Waals surface area contributed by atoms with Gasteiger partial charge in [-0.3, -0.25) is 14.5 Å². The van der Waals surface area contributed by atoms with Crippen LogP contribution >= 0.6 is 0 Å². The lowest BCUT2D eigenvalue weighted by atomic mass is 10.2. The Kier molecular flexibility index (Phi) is 2.68. The molecule has 0 radical (unpaired) electrons. The molecule has 0 unspecified atom stereocenters. The molecule has 6 nitrogen and oxygen atoms in total. The van der Waals surface area contributed by atoms with Crippen molar-refractivity contribution in [3.8, 4) is 0 Å². The van der Waals surface area contributed by atoms with E-state index in [1.165, 1.54) is 4.68 Å². The number of nitrogens with zero attached hydrogens (tertiary/aromatic N) is 4. The van der Waals surface area contributed by atoms with Gasteiger partial charge in [-0.05, 0) is 24.3 Å². The minimum absolute atomic E-state index is 0.281. The van der Waals surface area contributed by atoms with Gasteiger partial charge in [-0.1, -0.05) is 11.3 Å². The fraction of sp³-hybridized carbons (Fsp3) is 0.0769. The Morgan fingerprint density at radius 3 is 2.95 bits per heavy atom. The van der Waals surface area contributed by atoms with Crippen LogP contribution < -0.4 is 5.32 Å². The van der Waals surface area contributed by atoms with Crippen LogP contribution in [0.2, 0.25) is 0 Å². The van der Waals surface area contributed by atoms with E-state index in [-0.39, 0.29) is 11.6 Å². The highest BCUT2D eigenvalue weighted by Crippen LogP contribution is 2.21. The number of aromatic nitrogens is 4. The fourth-order valence-electron chi connectivity index (χ4n) is 1.85. The Morgan fingerprint density at radius 1 is 1.26 bits per heavy atom. The third-order valence-corrected chi connectivity index (χ3v) is 2.73. The molecule has 2 aromatic heterocycles. The number of rotatable bonds is 2. The molecule has 0 bridgehead atoms. The first-order valence-corrected chi connectivity index (χ1v) is 5.75. The highest BCUT2D eigenvalue weighted by Gasteiger charge is 2.11. The number of amides is 1. The number of hydrogen-bond donors (Lipinski definition) is 1. The summed E-state index contributed by atoms with van der Waals surface area (Å²) < 4.78 is 1.49. The van der Waals surface area contributed by atoms with Gasteiger partial charge in [-0.25, -0.2) is 0 Å². The number of hydrogen-bond acceptors (Lipinski definition) is 4. The van der Waals surface area contributed by atoms with Crippen molar-refractivity contribution in [1.29, 1.82) is 0 Å². The molecule has 0 spiro atoms. The zero-order valence-corrected chi connectivity index (χ0v) is 10.2. The molecule has 94 valence electrons. The number of nitrogens with one attached hydrogen (secondary N) is 1. The minimum atomic E-state index is -0.288. The summed E-state index contributed by atoms with van der Waals surface area (Å²) in [7, 11) is 1.71. The Hall–Kier alpha value is -2.76. The van der Waals surface area contributed by atoms with Crippen LogP contribution in [0.3, 0.4) is 0 Å². The van der Waals surface area contributed by atoms with Crippen molar-refractivity contribution >= 4 is 22.5 Å². The molecular weight excluding hydrogens is 242 g/mol. The van der Waals surface area contributed by atoms with Gasteiger partial charge >= 0.3 is 0 Å². The molecule has 6 heteroatoms. The van der Waals surface area contributed by atoms with Gasteiger partial charge < -0.3 is 5.32 Å². The van der Waals surface area contributed by atoms with Crippen molar-refractivity contribution in [1.82, 2.24) is 20.0 Å². The number of aryl methyl sites for hydroxylation is 1. The van der Waals surface area contributed by atoms with Crippen molar-refractivity contribution in [2.24, 2.45) is 7.05 Å². The number of benzene rings is 1. The Morgan fingerprint density at radius 2 is 2.16 bits per heavy atom. The Balaban J connectivity index is 1.95. The zero-order valence-electron chi connectivity index (χ0n) is 10.2. The van der Waals surface area contributed by atoms with E-state index in [1.54, 1.807) is 19.4 Å². The first kappa shape index (κ1) is 11.3. The maximum atomic E-state index is 12.0. The highest BCUT2D eigenvalue weighted by atomic mass is 16.2. The van der Waals surface area contributed by atoms with E-state index < -0.39 is 0 Å². The van der Waals surface area contributed by atoms with E-state index in [4.69, 9.17) is 0 Å². The van der Waals surface area contributed by atoms with Gasteiger partial charge in [-0.15, -0.1) is 5.10 Å². The van der Waals surface area contributed by atoms with Crippen LogP contribution in [-0.2, 0) is 7.05 Å². The van der Waals surface area contributed by atoms with Crippen molar-refractivity contribution in [2.75, 3.05) is 5.32 Å². The van der Waals surface area contributed by atoms with Crippen LogP contribution in [0.4, 0.5) is 5.69 Å². The number of carbonyl (C=O) groups excluding carboxylic acids is 1. The third-order valence-electron chi connectivity index (χ3n) is 2.73. The maximum Gasteiger partial charge on any atom is 0.277 e. The van der Waals surface area contributed by atoms with Gasteiger partial charge in [0.2, 0.25) is 0 Å². The van der Waals surface area contributed by atoms with Crippen LogP contribution in [-0.4, -0.2) is 25.9 Å². The van der Waals surface area contributed by atoms with Crippen molar-refractivity contribution in [2.45, 2.75) is 0 Å². The molecular formula is C13H11N5O. The van der Waals surface area contributed by atoms with Gasteiger partial charge in [-0.2, -0.15) is 0 Å². The number of pyridine rings is 1. The van der Waals surface area contributed by atoms with Crippen molar-refractivity contribution < 1.29 is 4.79 Å². The van der Waals surface area contributed by atoms with Crippen LogP contribution in [0.25, 0.3) is 10.9 Å². The first-order chi connectivity index (χ1) is 9.24. The Labute approximate surface area is 109 Å². The van der Waals surface area contributed by atoms with Gasteiger partial charge in [0, 0.05) is 18.6 Å². The number of fused-ring (bicyclic) bond motifs is 1. The summed E-state index contributed by atoms with van der Waals surface area (Å²) in [6, 6.07) is 9.32. The average Bonchev–Trinajstić information content (AvgIpc) is 2.86. The molecule has 3 aromatic rings. The fourth-order valence-corrected chi connectivity index (χ4v) is 1.85. The lowest BCUT2D eigenvalue weighted by molar-refractivity contribution is 0.102. The molecule has 1 aromatic carbocycles. The molecule has 0 atom stereocenters. The summed E-state index contributed by atoms with van der Waals surface area (Å²) >= 11 is 0. The molecule has 2 heterocycles. The van der Waals surface area contributed by atoms with Gasteiger partial charge in [0.1, 0.15) is 0 Å². The van der Waals surface area contributed by atoms with E-state index >= 15 is 0 Å². The largest absolute Gasteiger partial charge is 0.320 e. The van der Waals surface area contributed by atoms with Crippen LogP contribution in [0.1, 0.15) is 10.5 Å². The smallest absolute Gasteiger partial charge is 0.277 e. The lowest BCUT2D eigenvalue weighted by Gasteiger charge is -2.06. The van der Waals surface area contributed by atoms with Crippen molar-refractivity contribution in [3.63, 3.8) is 0 Å². The average molecular weight is 253 g/mol. The maximum absolute atomic E-state index is 12.0. The summed E-state index contributed by atoms with van der Waals surface area (Å²) in [6.45, 7) is 0. The summed E-state index contributed by atoms with van der Waals surface area (Å²) in [5, 5.41) is 11.2. The van der Waals surface area contributed by atoms with Gasteiger partial charge in [0.15, 0.2) is 5.69 Å². The summed E-state index contributed by atoms with van der Waals surface area (Å²) in [4.78, 5) is 16.3. The SMILES string of the molecule is Cn1cc(C(=O)Nc2cccc3ncccc23)nn1. The minimum Gasteiger partial charge on any atom is -0.320 e. The molecule has 1 amide bonds. The topological polar surface area (TPSA) is 72.7 Å². The van der Waals surface area contributed by atoms with Crippen LogP contribution in [0, 0.1) is 0 Å². The second-order valence-electron chi connectivity index (χ2n) is 4.11. The second-order valence-corrected chi connectivity index (χ2v) is 4.11. The number of anilines is 1. The molecule has 0 aliphatic carbocycles. The first-order valence-electron chi connectivity index (χ1n) is 5.75. The zero-order chi connectivity index (χ0) is 13.2. The monoisotopic (exact) mass is 253 g/mol. The Bertz CT molecular complexity index is 744. The predicted molar refractivity (Wildman–Crippen MR) is 70.7 cm³/mol. The lowest BCUT2D eigenvalue weighted by Crippen LogP contribution is -2.12. The van der Waals surface area contributed by atoms with E-state index in [9.17, 15) is 4.79 Å². The standard InChI is InChI=1S/C13H11N5O/c1-18-8-12(16-17-18)13(19)15-11-6-2-5-10-9(11)4-3-7-14-10/h2-8H,1H3,(H,15,19). The van der Waals surface area contributed by atoms with E-state index in [0.717, 1.165) is 10.9 Å². The molecule has 0 saturated heterocycles. The predicted octanol–water partition coefficient (Wildman–Crippen LogP) is 1.62. The quantitative estimate of drug-likeness (QED) is 0.753. The van der Waals surface area contributed by atoms with Crippen LogP contribution in [0.5, 0.6) is 0 Å². The summed E-state index contributed by atoms with van der Waals surface area (Å²) in [6.07, 6.45) is 3.29. The van der Waals surface area contributed by atoms with E-state index in [2.05, 4.69) is 20.6 Å². The van der Waals surface area contributed by atoms with E-state index in [0.29, 0.717) is 5.69 Å². The van der Waals surface area contributed by atoms with Gasteiger partial charge in [0.25, 0.3) is 5.91 Å². The highest BCUT2D eigenvalue weighted by molar-refractivity contribution is 6.07. The molecule has 0 aliphatic rings. The third kappa shape index (κ3) is 2.15. The normalized spacial score (nSPS) is 10.6. The summed E-state index contributed by atoms with van der Waals surface area (Å²) in [5.74, 6) is -0.288. The van der Waals surface area contributed by atoms with E-state index in [1.807, 2.05) is 30.3 Å².